The summed E-state index contributed by atoms with van der Waals surface area (Å²) in [6.07, 6.45) is 2.57. The van der Waals surface area contributed by atoms with E-state index in [1.165, 1.54) is 33.5 Å². The predicted octanol–water partition coefficient (Wildman–Crippen LogP) is 2.10. The number of hydrogen-bond donors (Lipinski definition) is 1. The minimum atomic E-state index is -4.01. The van der Waals surface area contributed by atoms with E-state index >= 15 is 0 Å². The second-order valence-corrected chi connectivity index (χ2v) is 10.0. The molecule has 12 nitrogen and oxygen atoms in total. The van der Waals surface area contributed by atoms with Gasteiger partial charge in [0.1, 0.15) is 17.0 Å². The van der Waals surface area contributed by atoms with Crippen molar-refractivity contribution in [3.8, 4) is 17.4 Å². The fourth-order valence-corrected chi connectivity index (χ4v) is 4.63. The maximum absolute atomic E-state index is 13.3. The standard InChI is InChI=1S/C20H24ClN7O5S/c1-12(17(32-3)18-22-9-13(21)10-23-18)34(29,30)27-20-26-25-19(28(20)11-14-7-8-33-14)15-5-4-6-16(24-15)31-2/h4-6,9-10,12,14,17H,7-8,11H2,1-3H3,(H,26,27)/t12?,14-,17?/m1/s1. The van der Waals surface area contributed by atoms with Crippen LogP contribution in [0.2, 0.25) is 5.02 Å². The van der Waals surface area contributed by atoms with E-state index in [1.807, 2.05) is 0 Å². The summed E-state index contributed by atoms with van der Waals surface area (Å²) >= 11 is 5.85. The third-order valence-electron chi connectivity index (χ3n) is 5.39. The van der Waals surface area contributed by atoms with Crippen LogP contribution in [-0.2, 0) is 26.0 Å². The van der Waals surface area contributed by atoms with E-state index in [2.05, 4.69) is 29.9 Å². The van der Waals surface area contributed by atoms with Crippen LogP contribution in [0.3, 0.4) is 0 Å². The second kappa shape index (κ2) is 10.2. The number of halogens is 1. The lowest BCUT2D eigenvalue weighted by molar-refractivity contribution is -0.0587. The number of aromatic nitrogens is 6. The fourth-order valence-electron chi connectivity index (χ4n) is 3.39. The van der Waals surface area contributed by atoms with Crippen molar-refractivity contribution in [3.63, 3.8) is 0 Å². The van der Waals surface area contributed by atoms with Gasteiger partial charge in [-0.3, -0.25) is 9.29 Å². The molecule has 14 heteroatoms. The molecule has 0 bridgehead atoms. The van der Waals surface area contributed by atoms with E-state index in [0.29, 0.717) is 35.6 Å². The van der Waals surface area contributed by atoms with Crippen molar-refractivity contribution in [1.82, 2.24) is 29.7 Å². The predicted molar refractivity (Wildman–Crippen MR) is 123 cm³/mol. The Morgan fingerprint density at radius 3 is 2.62 bits per heavy atom. The van der Waals surface area contributed by atoms with Gasteiger partial charge >= 0.3 is 0 Å². The third-order valence-corrected chi connectivity index (χ3v) is 7.28. The molecular weight excluding hydrogens is 486 g/mol. The lowest BCUT2D eigenvalue weighted by Crippen LogP contribution is -2.35. The zero-order valence-electron chi connectivity index (χ0n) is 18.8. The number of methoxy groups -OCH3 is 2. The summed E-state index contributed by atoms with van der Waals surface area (Å²) in [6, 6.07) is 5.21. The summed E-state index contributed by atoms with van der Waals surface area (Å²) in [7, 11) is -1.11. The van der Waals surface area contributed by atoms with Crippen molar-refractivity contribution in [2.45, 2.75) is 37.3 Å². The fraction of sp³-hybridized carbons (Fsp3) is 0.450. The molecule has 0 spiro atoms. The summed E-state index contributed by atoms with van der Waals surface area (Å²) in [4.78, 5) is 12.6. The van der Waals surface area contributed by atoms with Crippen molar-refractivity contribution < 1.29 is 22.6 Å². The normalized spacial score (nSPS) is 17.6. The Labute approximate surface area is 201 Å². The first kappa shape index (κ1) is 24.3. The van der Waals surface area contributed by atoms with Crippen molar-refractivity contribution in [2.24, 2.45) is 0 Å². The average Bonchev–Trinajstić information content (AvgIpc) is 3.19. The molecule has 1 N–H and O–H groups in total. The molecule has 182 valence electrons. The maximum Gasteiger partial charge on any atom is 0.240 e. The first-order valence-corrected chi connectivity index (χ1v) is 12.3. The lowest BCUT2D eigenvalue weighted by atomic mass is 10.2. The van der Waals surface area contributed by atoms with Crippen molar-refractivity contribution >= 4 is 27.6 Å². The van der Waals surface area contributed by atoms with Crippen LogP contribution in [0.25, 0.3) is 11.5 Å². The highest BCUT2D eigenvalue weighted by Gasteiger charge is 2.35. The van der Waals surface area contributed by atoms with E-state index in [-0.39, 0.29) is 17.9 Å². The smallest absolute Gasteiger partial charge is 0.240 e. The number of nitrogens with one attached hydrogen (secondary N) is 1. The molecule has 0 aliphatic carbocycles. The Morgan fingerprint density at radius 1 is 1.26 bits per heavy atom. The molecule has 1 aliphatic rings. The van der Waals surface area contributed by atoms with E-state index in [4.69, 9.17) is 25.8 Å². The van der Waals surface area contributed by atoms with Crippen molar-refractivity contribution in [3.05, 3.63) is 41.4 Å². The van der Waals surface area contributed by atoms with Gasteiger partial charge in [-0.1, -0.05) is 17.7 Å². The van der Waals surface area contributed by atoms with Gasteiger partial charge in [-0.2, -0.15) is 0 Å². The average molecular weight is 510 g/mol. The van der Waals surface area contributed by atoms with E-state index in [9.17, 15) is 8.42 Å². The van der Waals surface area contributed by atoms with Gasteiger partial charge in [-0.15, -0.1) is 10.2 Å². The molecule has 0 saturated carbocycles. The molecular formula is C20H24ClN7O5S. The topological polar surface area (TPSA) is 143 Å². The minimum Gasteiger partial charge on any atom is -0.481 e. The number of rotatable bonds is 10. The van der Waals surface area contributed by atoms with Crippen molar-refractivity contribution in [2.75, 3.05) is 25.5 Å². The Balaban J connectivity index is 1.65. The minimum absolute atomic E-state index is 0.0360. The molecule has 1 aliphatic heterocycles. The number of nitrogens with zero attached hydrogens (tertiary/aromatic N) is 6. The molecule has 0 amide bonds. The molecule has 3 aromatic rings. The van der Waals surface area contributed by atoms with Gasteiger partial charge in [-0.05, 0) is 19.4 Å². The number of anilines is 1. The zero-order valence-corrected chi connectivity index (χ0v) is 20.3. The molecule has 4 heterocycles. The summed E-state index contributed by atoms with van der Waals surface area (Å²) < 4.78 is 46.9. The van der Waals surface area contributed by atoms with Crippen LogP contribution >= 0.6 is 11.6 Å². The van der Waals surface area contributed by atoms with Gasteiger partial charge in [0.25, 0.3) is 0 Å². The number of pyridine rings is 1. The first-order chi connectivity index (χ1) is 16.3. The Hall–Kier alpha value is -2.87. The lowest BCUT2D eigenvalue weighted by Gasteiger charge is -2.28. The van der Waals surface area contributed by atoms with Gasteiger partial charge in [-0.25, -0.2) is 23.4 Å². The summed E-state index contributed by atoms with van der Waals surface area (Å²) in [5.41, 5.74) is 0.481. The van der Waals surface area contributed by atoms with Crippen LogP contribution in [0.4, 0.5) is 5.95 Å². The number of hydrogen-bond acceptors (Lipinski definition) is 10. The second-order valence-electron chi connectivity index (χ2n) is 7.57. The highest BCUT2D eigenvalue weighted by Crippen LogP contribution is 2.28. The first-order valence-electron chi connectivity index (χ1n) is 10.4. The van der Waals surface area contributed by atoms with Crippen LogP contribution < -0.4 is 9.46 Å². The zero-order chi connectivity index (χ0) is 24.3. The largest absolute Gasteiger partial charge is 0.481 e. The van der Waals surface area contributed by atoms with Crippen LogP contribution in [0.5, 0.6) is 5.88 Å². The molecule has 2 unspecified atom stereocenters. The Morgan fingerprint density at radius 2 is 2.00 bits per heavy atom. The maximum atomic E-state index is 13.3. The van der Waals surface area contributed by atoms with E-state index in [1.54, 1.807) is 22.8 Å². The molecule has 3 atom stereocenters. The monoisotopic (exact) mass is 509 g/mol. The molecule has 0 radical (unpaired) electrons. The van der Waals surface area contributed by atoms with Crippen molar-refractivity contribution in [1.29, 1.82) is 0 Å². The van der Waals surface area contributed by atoms with Gasteiger partial charge in [0, 0.05) is 32.2 Å². The Kier molecular flexibility index (Phi) is 7.26. The van der Waals surface area contributed by atoms with E-state index in [0.717, 1.165) is 6.42 Å². The molecule has 34 heavy (non-hydrogen) atoms. The number of ether oxygens (including phenoxy) is 3. The van der Waals surface area contributed by atoms with Crippen LogP contribution in [0.15, 0.2) is 30.6 Å². The summed E-state index contributed by atoms with van der Waals surface area (Å²) in [5.74, 6) is 1.00. The van der Waals surface area contributed by atoms with Crippen LogP contribution in [-0.4, -0.2) is 70.3 Å². The van der Waals surface area contributed by atoms with Gasteiger partial charge in [0.15, 0.2) is 11.6 Å². The van der Waals surface area contributed by atoms with Gasteiger partial charge < -0.3 is 14.2 Å². The van der Waals surface area contributed by atoms with Crippen LogP contribution in [0, 0.1) is 0 Å². The molecule has 0 aromatic carbocycles. The van der Waals surface area contributed by atoms with Crippen LogP contribution in [0.1, 0.15) is 25.3 Å². The molecule has 4 rings (SSSR count). The quantitative estimate of drug-likeness (QED) is 0.431. The van der Waals surface area contributed by atoms with Gasteiger partial charge in [0.2, 0.25) is 21.9 Å². The third kappa shape index (κ3) is 5.12. The van der Waals surface area contributed by atoms with Gasteiger partial charge in [0.05, 0.1) is 24.8 Å². The summed E-state index contributed by atoms with van der Waals surface area (Å²) in [6.45, 7) is 2.49. The molecule has 1 saturated heterocycles. The molecule has 3 aromatic heterocycles. The molecule has 1 fully saturated rings. The highest BCUT2D eigenvalue weighted by atomic mass is 35.5. The van der Waals surface area contributed by atoms with E-state index < -0.39 is 21.4 Å². The Bertz CT molecular complexity index is 1230. The highest BCUT2D eigenvalue weighted by molar-refractivity contribution is 7.93. The number of sulfonamides is 1. The SMILES string of the molecule is COc1cccc(-c2nnc(NS(=O)(=O)C(C)C(OC)c3ncc(Cl)cn3)n2C[C@H]2CCO2)n1. The summed E-state index contributed by atoms with van der Waals surface area (Å²) in [5, 5.41) is 7.55.